The first-order valence-corrected chi connectivity index (χ1v) is 4.83. The Balaban J connectivity index is 2.09. The largest absolute Gasteiger partial charge is 0.353 e. The van der Waals surface area contributed by atoms with E-state index in [9.17, 15) is 4.39 Å². The van der Waals surface area contributed by atoms with E-state index in [4.69, 9.17) is 4.52 Å². The van der Waals surface area contributed by atoms with E-state index >= 15 is 0 Å². The highest BCUT2D eigenvalue weighted by molar-refractivity contribution is 5.69. The summed E-state index contributed by atoms with van der Waals surface area (Å²) in [7, 11) is 0. The van der Waals surface area contributed by atoms with E-state index in [1.165, 1.54) is 12.1 Å². The first-order valence-electron chi connectivity index (χ1n) is 4.83. The number of fused-ring (bicyclic) bond motifs is 1. The van der Waals surface area contributed by atoms with Crippen molar-refractivity contribution in [2.45, 2.75) is 6.42 Å². The third kappa shape index (κ3) is 1.29. The van der Waals surface area contributed by atoms with Gasteiger partial charge in [0.1, 0.15) is 11.5 Å². The molecule has 1 aliphatic rings. The molecule has 0 aliphatic carbocycles. The molecule has 4 heteroatoms. The third-order valence-corrected chi connectivity index (χ3v) is 2.57. The summed E-state index contributed by atoms with van der Waals surface area (Å²) in [5.41, 5.74) is 2.79. The molecule has 1 aromatic heterocycles. The van der Waals surface area contributed by atoms with Crippen LogP contribution in [0, 0.1) is 5.82 Å². The molecule has 0 saturated heterocycles. The molecule has 1 aromatic carbocycles. The summed E-state index contributed by atoms with van der Waals surface area (Å²) in [6.07, 6.45) is 0.908. The van der Waals surface area contributed by atoms with Crippen molar-refractivity contribution in [3.05, 3.63) is 35.6 Å². The van der Waals surface area contributed by atoms with Crippen molar-refractivity contribution in [1.82, 2.24) is 5.16 Å². The van der Waals surface area contributed by atoms with Gasteiger partial charge in [-0.1, -0.05) is 5.16 Å². The second-order valence-corrected chi connectivity index (χ2v) is 3.52. The van der Waals surface area contributed by atoms with Gasteiger partial charge in [-0.2, -0.15) is 0 Å². The highest BCUT2D eigenvalue weighted by Crippen LogP contribution is 2.32. The number of anilines is 1. The monoisotopic (exact) mass is 204 g/mol. The van der Waals surface area contributed by atoms with Crippen LogP contribution in [0.1, 0.15) is 5.56 Å². The molecule has 0 bridgehead atoms. The van der Waals surface area contributed by atoms with E-state index in [-0.39, 0.29) is 5.82 Å². The van der Waals surface area contributed by atoms with Crippen LogP contribution < -0.4 is 5.32 Å². The van der Waals surface area contributed by atoms with E-state index in [0.717, 1.165) is 35.7 Å². The molecule has 2 heterocycles. The van der Waals surface area contributed by atoms with E-state index < -0.39 is 0 Å². The molecule has 0 saturated carbocycles. The normalized spacial score (nSPS) is 13.7. The fourth-order valence-corrected chi connectivity index (χ4v) is 1.82. The lowest BCUT2D eigenvalue weighted by molar-refractivity contribution is 0.436. The zero-order chi connectivity index (χ0) is 10.3. The summed E-state index contributed by atoms with van der Waals surface area (Å²) in [6, 6.07) is 6.29. The smallest absolute Gasteiger partial charge is 0.228 e. The van der Waals surface area contributed by atoms with Crippen molar-refractivity contribution in [3.8, 4) is 11.3 Å². The van der Waals surface area contributed by atoms with Gasteiger partial charge in [-0.3, -0.25) is 0 Å². The Morgan fingerprint density at radius 3 is 2.87 bits per heavy atom. The summed E-state index contributed by atoms with van der Waals surface area (Å²) in [4.78, 5) is 0. The molecule has 3 nitrogen and oxygen atoms in total. The molecule has 1 N–H and O–H groups in total. The van der Waals surface area contributed by atoms with Crippen molar-refractivity contribution in [1.29, 1.82) is 0 Å². The number of nitrogens with one attached hydrogen (secondary N) is 1. The predicted octanol–water partition coefficient (Wildman–Crippen LogP) is 2.45. The van der Waals surface area contributed by atoms with E-state index in [2.05, 4.69) is 10.5 Å². The quantitative estimate of drug-likeness (QED) is 0.775. The minimum atomic E-state index is -0.239. The van der Waals surface area contributed by atoms with Crippen molar-refractivity contribution in [2.24, 2.45) is 0 Å². The molecule has 0 amide bonds. The molecule has 0 unspecified atom stereocenters. The zero-order valence-electron chi connectivity index (χ0n) is 7.96. The van der Waals surface area contributed by atoms with Gasteiger partial charge in [0.2, 0.25) is 5.88 Å². The number of halogens is 1. The lowest BCUT2D eigenvalue weighted by atomic mass is 10.1. The maximum absolute atomic E-state index is 12.7. The predicted molar refractivity (Wildman–Crippen MR) is 54.1 cm³/mol. The first kappa shape index (κ1) is 8.47. The molecule has 3 rings (SSSR count). The highest BCUT2D eigenvalue weighted by Gasteiger charge is 2.21. The number of nitrogens with zero attached hydrogens (tertiary/aromatic N) is 1. The zero-order valence-corrected chi connectivity index (χ0v) is 7.96. The Morgan fingerprint density at radius 2 is 2.07 bits per heavy atom. The maximum Gasteiger partial charge on any atom is 0.228 e. The summed E-state index contributed by atoms with van der Waals surface area (Å²) >= 11 is 0. The second kappa shape index (κ2) is 3.08. The van der Waals surface area contributed by atoms with Crippen molar-refractivity contribution >= 4 is 5.88 Å². The summed E-state index contributed by atoms with van der Waals surface area (Å²) < 4.78 is 17.9. The Morgan fingerprint density at radius 1 is 1.27 bits per heavy atom. The molecule has 2 aromatic rings. The van der Waals surface area contributed by atoms with Crippen LogP contribution in [0.25, 0.3) is 11.3 Å². The maximum atomic E-state index is 12.7. The van der Waals surface area contributed by atoms with E-state index in [1.807, 2.05) is 0 Å². The number of aromatic nitrogens is 1. The van der Waals surface area contributed by atoms with E-state index in [0.29, 0.717) is 0 Å². The Labute approximate surface area is 85.9 Å². The average Bonchev–Trinajstić information content (AvgIpc) is 2.80. The van der Waals surface area contributed by atoms with Crippen molar-refractivity contribution in [3.63, 3.8) is 0 Å². The van der Waals surface area contributed by atoms with Gasteiger partial charge in [0, 0.05) is 17.7 Å². The number of hydrogen-bond donors (Lipinski definition) is 1. The topological polar surface area (TPSA) is 38.1 Å². The third-order valence-electron chi connectivity index (χ3n) is 2.57. The minimum Gasteiger partial charge on any atom is -0.353 e. The fourth-order valence-electron chi connectivity index (χ4n) is 1.82. The summed E-state index contributed by atoms with van der Waals surface area (Å²) in [6.45, 7) is 0.880. The Kier molecular flexibility index (Phi) is 1.74. The van der Waals surface area contributed by atoms with Gasteiger partial charge in [-0.15, -0.1) is 0 Å². The number of rotatable bonds is 1. The summed E-state index contributed by atoms with van der Waals surface area (Å²) in [5.74, 6) is 0.506. The molecule has 0 radical (unpaired) electrons. The van der Waals surface area contributed by atoms with Crippen LogP contribution >= 0.6 is 0 Å². The van der Waals surface area contributed by atoms with Crippen LogP contribution in [-0.4, -0.2) is 11.7 Å². The molecular formula is C11H9FN2O. The van der Waals surface area contributed by atoms with Crippen LogP contribution in [0.3, 0.4) is 0 Å². The highest BCUT2D eigenvalue weighted by atomic mass is 19.1. The molecule has 1 aliphatic heterocycles. The second-order valence-electron chi connectivity index (χ2n) is 3.52. The number of benzene rings is 1. The van der Waals surface area contributed by atoms with Crippen LogP contribution in [0.15, 0.2) is 28.8 Å². The van der Waals surface area contributed by atoms with Gasteiger partial charge in [-0.25, -0.2) is 4.39 Å². The molecule has 0 fully saturated rings. The Hall–Kier alpha value is -1.84. The molecular weight excluding hydrogens is 195 g/mol. The van der Waals surface area contributed by atoms with Gasteiger partial charge >= 0.3 is 0 Å². The van der Waals surface area contributed by atoms with Gasteiger partial charge in [0.25, 0.3) is 0 Å². The standard InChI is InChI=1S/C11H9FN2O/c12-8-3-1-7(2-4-8)10-9-5-6-13-11(9)15-14-10/h1-4,13H,5-6H2. The van der Waals surface area contributed by atoms with Gasteiger partial charge in [0.15, 0.2) is 0 Å². The Bertz CT molecular complexity index is 490. The molecule has 0 atom stereocenters. The van der Waals surface area contributed by atoms with Gasteiger partial charge in [-0.05, 0) is 30.7 Å². The SMILES string of the molecule is Fc1ccc(-c2noc3c2CCN3)cc1. The van der Waals surface area contributed by atoms with Crippen LogP contribution in [-0.2, 0) is 6.42 Å². The first-order chi connectivity index (χ1) is 7.34. The number of hydrogen-bond acceptors (Lipinski definition) is 3. The molecule has 0 spiro atoms. The molecule has 76 valence electrons. The average molecular weight is 204 g/mol. The van der Waals surface area contributed by atoms with Crippen molar-refractivity contribution in [2.75, 3.05) is 11.9 Å². The van der Waals surface area contributed by atoms with Gasteiger partial charge in [0.05, 0.1) is 0 Å². The van der Waals surface area contributed by atoms with Crippen LogP contribution in [0.4, 0.5) is 10.3 Å². The van der Waals surface area contributed by atoms with Crippen molar-refractivity contribution < 1.29 is 8.91 Å². The van der Waals surface area contributed by atoms with Crippen LogP contribution in [0.2, 0.25) is 0 Å². The fraction of sp³-hybridized carbons (Fsp3) is 0.182. The summed E-state index contributed by atoms with van der Waals surface area (Å²) in [5, 5.41) is 7.08. The van der Waals surface area contributed by atoms with Crippen LogP contribution in [0.5, 0.6) is 0 Å². The lowest BCUT2D eigenvalue weighted by Crippen LogP contribution is -1.92. The van der Waals surface area contributed by atoms with E-state index in [1.54, 1.807) is 12.1 Å². The van der Waals surface area contributed by atoms with Gasteiger partial charge < -0.3 is 9.84 Å². The molecule has 15 heavy (non-hydrogen) atoms. The minimum absolute atomic E-state index is 0.239. The lowest BCUT2D eigenvalue weighted by Gasteiger charge is -1.97.